The first-order valence-electron chi connectivity index (χ1n) is 7.07. The minimum atomic E-state index is -0.0582. The maximum absolute atomic E-state index is 11.0. The second-order valence-corrected chi connectivity index (χ2v) is 7.40. The van der Waals surface area contributed by atoms with E-state index in [1.807, 2.05) is 5.38 Å². The Labute approximate surface area is 124 Å². The molecule has 0 bridgehead atoms. The molecule has 1 aromatic rings. The molecule has 0 unspecified atom stereocenters. The molecule has 20 heavy (non-hydrogen) atoms. The summed E-state index contributed by atoms with van der Waals surface area (Å²) in [6.07, 6.45) is 0. The van der Waals surface area contributed by atoms with E-state index in [4.69, 9.17) is 0 Å². The van der Waals surface area contributed by atoms with E-state index in [1.165, 1.54) is 31.4 Å². The predicted molar refractivity (Wildman–Crippen MR) is 80.8 cm³/mol. The van der Waals surface area contributed by atoms with Gasteiger partial charge in [-0.3, -0.25) is 9.69 Å². The number of likely N-dealkylation sites (tertiary alicyclic amines) is 2. The van der Waals surface area contributed by atoms with Crippen molar-refractivity contribution in [2.24, 2.45) is 11.3 Å². The molecule has 0 aliphatic carbocycles. The van der Waals surface area contributed by atoms with Crippen molar-refractivity contribution in [2.75, 3.05) is 38.5 Å². The number of fused-ring (bicyclic) bond motifs is 1. The molecule has 2 aliphatic rings. The summed E-state index contributed by atoms with van der Waals surface area (Å²) in [6, 6.07) is 0. The first-order chi connectivity index (χ1) is 9.44. The lowest BCUT2D eigenvalue weighted by molar-refractivity contribution is -0.114. The van der Waals surface area contributed by atoms with Gasteiger partial charge in [-0.1, -0.05) is 6.92 Å². The highest BCUT2D eigenvalue weighted by molar-refractivity contribution is 7.13. The molecule has 3 heterocycles. The first kappa shape index (κ1) is 14.0. The van der Waals surface area contributed by atoms with Gasteiger partial charge in [-0.25, -0.2) is 4.98 Å². The third kappa shape index (κ3) is 2.73. The summed E-state index contributed by atoms with van der Waals surface area (Å²) in [5.74, 6) is 0.720. The highest BCUT2D eigenvalue weighted by Crippen LogP contribution is 2.41. The van der Waals surface area contributed by atoms with E-state index in [1.54, 1.807) is 0 Å². The van der Waals surface area contributed by atoms with Crippen LogP contribution in [0.4, 0.5) is 5.13 Å². The molecule has 2 aliphatic heterocycles. The molecule has 0 aromatic carbocycles. The van der Waals surface area contributed by atoms with Crippen LogP contribution < -0.4 is 5.32 Å². The quantitative estimate of drug-likeness (QED) is 0.917. The minimum Gasteiger partial charge on any atom is -0.305 e. The van der Waals surface area contributed by atoms with Gasteiger partial charge in [0.05, 0.1) is 5.69 Å². The maximum Gasteiger partial charge on any atom is 0.223 e. The zero-order valence-electron chi connectivity index (χ0n) is 12.3. The zero-order chi connectivity index (χ0) is 14.3. The second-order valence-electron chi connectivity index (χ2n) is 6.54. The average Bonchev–Trinajstić information content (AvgIpc) is 2.90. The lowest BCUT2D eigenvalue weighted by Crippen LogP contribution is -2.30. The fraction of sp³-hybridized carbons (Fsp3) is 0.714. The van der Waals surface area contributed by atoms with E-state index in [-0.39, 0.29) is 5.91 Å². The fourth-order valence-electron chi connectivity index (χ4n) is 3.69. The average molecular weight is 294 g/mol. The normalized spacial score (nSPS) is 30.6. The van der Waals surface area contributed by atoms with Crippen LogP contribution in [0.15, 0.2) is 5.38 Å². The molecule has 2 atom stereocenters. The molecule has 0 spiro atoms. The smallest absolute Gasteiger partial charge is 0.223 e. The SMILES string of the molecule is CC(=O)Nc1nc(CN2C[C@H]3CN(C)C[C@@]3(C)C2)cs1. The number of anilines is 1. The molecule has 110 valence electrons. The number of carbonyl (C=O) groups is 1. The van der Waals surface area contributed by atoms with Crippen molar-refractivity contribution < 1.29 is 4.79 Å². The molecule has 2 fully saturated rings. The van der Waals surface area contributed by atoms with Gasteiger partial charge in [0, 0.05) is 45.0 Å². The third-order valence-corrected chi connectivity index (χ3v) is 5.24. The van der Waals surface area contributed by atoms with Crippen molar-refractivity contribution in [2.45, 2.75) is 20.4 Å². The number of amides is 1. The van der Waals surface area contributed by atoms with Crippen LogP contribution in [0.25, 0.3) is 0 Å². The topological polar surface area (TPSA) is 48.5 Å². The van der Waals surface area contributed by atoms with Crippen molar-refractivity contribution in [3.63, 3.8) is 0 Å². The van der Waals surface area contributed by atoms with Crippen LogP contribution >= 0.6 is 11.3 Å². The van der Waals surface area contributed by atoms with Crippen LogP contribution in [0.2, 0.25) is 0 Å². The van der Waals surface area contributed by atoms with Crippen molar-refractivity contribution in [1.29, 1.82) is 0 Å². The number of aromatic nitrogens is 1. The molecule has 2 saturated heterocycles. The summed E-state index contributed by atoms with van der Waals surface area (Å²) in [5.41, 5.74) is 1.50. The van der Waals surface area contributed by atoms with Gasteiger partial charge in [-0.15, -0.1) is 11.3 Å². The van der Waals surface area contributed by atoms with E-state index >= 15 is 0 Å². The standard InChI is InChI=1S/C14H22N4OS/c1-10(19)15-13-16-12(7-20-13)6-18-5-11-4-17(3)8-14(11,2)9-18/h7,11H,4-6,8-9H2,1-3H3,(H,15,16,19)/t11-,14+/m1/s1. The summed E-state index contributed by atoms with van der Waals surface area (Å²) in [7, 11) is 2.22. The van der Waals surface area contributed by atoms with Crippen LogP contribution in [0.5, 0.6) is 0 Å². The Morgan fingerprint density at radius 2 is 2.35 bits per heavy atom. The van der Waals surface area contributed by atoms with Crippen molar-refractivity contribution >= 4 is 22.4 Å². The molecule has 1 N–H and O–H groups in total. The number of hydrogen-bond donors (Lipinski definition) is 1. The summed E-state index contributed by atoms with van der Waals surface area (Å²) in [6.45, 7) is 9.53. The van der Waals surface area contributed by atoms with Gasteiger partial charge in [0.2, 0.25) is 5.91 Å². The van der Waals surface area contributed by atoms with Crippen LogP contribution in [0, 0.1) is 11.3 Å². The zero-order valence-corrected chi connectivity index (χ0v) is 13.2. The largest absolute Gasteiger partial charge is 0.305 e. The van der Waals surface area contributed by atoms with E-state index in [9.17, 15) is 4.79 Å². The molecule has 6 heteroatoms. The number of carbonyl (C=O) groups excluding carboxylic acids is 1. The number of thiazole rings is 1. The van der Waals surface area contributed by atoms with Crippen molar-refractivity contribution in [3.05, 3.63) is 11.1 Å². The fourth-order valence-corrected chi connectivity index (χ4v) is 4.44. The molecular weight excluding hydrogens is 272 g/mol. The predicted octanol–water partition coefficient (Wildman–Crippen LogP) is 1.48. The monoisotopic (exact) mass is 294 g/mol. The Kier molecular flexibility index (Phi) is 3.56. The Morgan fingerprint density at radius 1 is 1.55 bits per heavy atom. The van der Waals surface area contributed by atoms with Crippen LogP contribution in [0.1, 0.15) is 19.5 Å². The summed E-state index contributed by atoms with van der Waals surface area (Å²) in [4.78, 5) is 20.4. The number of hydrogen-bond acceptors (Lipinski definition) is 5. The Balaban J connectivity index is 1.60. The van der Waals surface area contributed by atoms with Gasteiger partial charge in [0.25, 0.3) is 0 Å². The minimum absolute atomic E-state index is 0.0582. The van der Waals surface area contributed by atoms with Gasteiger partial charge in [-0.05, 0) is 18.4 Å². The number of nitrogens with zero attached hydrogens (tertiary/aromatic N) is 3. The van der Waals surface area contributed by atoms with Gasteiger partial charge >= 0.3 is 0 Å². The molecule has 0 saturated carbocycles. The molecule has 1 aromatic heterocycles. The van der Waals surface area contributed by atoms with E-state index in [2.05, 4.69) is 34.1 Å². The highest BCUT2D eigenvalue weighted by atomic mass is 32.1. The number of nitrogens with one attached hydrogen (secondary N) is 1. The van der Waals surface area contributed by atoms with Gasteiger partial charge in [0.1, 0.15) is 0 Å². The highest BCUT2D eigenvalue weighted by Gasteiger charge is 2.47. The Bertz CT molecular complexity index is 517. The van der Waals surface area contributed by atoms with E-state index in [0.29, 0.717) is 10.5 Å². The molecule has 0 radical (unpaired) electrons. The van der Waals surface area contributed by atoms with E-state index < -0.39 is 0 Å². The van der Waals surface area contributed by atoms with Crippen LogP contribution in [-0.2, 0) is 11.3 Å². The summed E-state index contributed by atoms with van der Waals surface area (Å²) in [5, 5.41) is 5.50. The maximum atomic E-state index is 11.0. The van der Waals surface area contributed by atoms with Gasteiger partial charge < -0.3 is 10.2 Å². The second kappa shape index (κ2) is 5.09. The lowest BCUT2D eigenvalue weighted by Gasteiger charge is -2.23. The van der Waals surface area contributed by atoms with Gasteiger partial charge in [-0.2, -0.15) is 0 Å². The summed E-state index contributed by atoms with van der Waals surface area (Å²) < 4.78 is 0. The van der Waals surface area contributed by atoms with Crippen LogP contribution in [-0.4, -0.2) is 53.9 Å². The number of rotatable bonds is 3. The Morgan fingerprint density at radius 3 is 3.05 bits per heavy atom. The van der Waals surface area contributed by atoms with Crippen LogP contribution in [0.3, 0.4) is 0 Å². The van der Waals surface area contributed by atoms with Gasteiger partial charge in [0.15, 0.2) is 5.13 Å². The third-order valence-electron chi connectivity index (χ3n) is 4.43. The van der Waals surface area contributed by atoms with Crippen molar-refractivity contribution in [1.82, 2.24) is 14.8 Å². The molecular formula is C14H22N4OS. The molecule has 1 amide bonds. The Hall–Kier alpha value is -0.980. The molecule has 3 rings (SSSR count). The first-order valence-corrected chi connectivity index (χ1v) is 7.95. The van der Waals surface area contributed by atoms with E-state index in [0.717, 1.165) is 31.2 Å². The summed E-state index contributed by atoms with van der Waals surface area (Å²) >= 11 is 1.50. The van der Waals surface area contributed by atoms with Crippen molar-refractivity contribution in [3.8, 4) is 0 Å². The lowest BCUT2D eigenvalue weighted by atomic mass is 9.83. The molecule has 5 nitrogen and oxygen atoms in total.